The van der Waals surface area contributed by atoms with E-state index in [-0.39, 0.29) is 47.5 Å². The molecule has 0 radical (unpaired) electrons. The van der Waals surface area contributed by atoms with Crippen LogP contribution in [-0.4, -0.2) is 65.8 Å². The highest BCUT2D eigenvalue weighted by atomic mass is 16.5. The number of carbonyl (C=O) groups is 6. The minimum absolute atomic E-state index is 0.0605. The number of fused-ring (bicyclic) bond motifs is 8. The van der Waals surface area contributed by atoms with Crippen LogP contribution in [0.3, 0.4) is 0 Å². The molecule has 18 nitrogen and oxygen atoms in total. The minimum atomic E-state index is -0.610. The molecule has 0 saturated heterocycles. The van der Waals surface area contributed by atoms with Gasteiger partial charge in [-0.2, -0.15) is 0 Å². The maximum absolute atomic E-state index is 13.1. The Labute approximate surface area is 445 Å². The van der Waals surface area contributed by atoms with Crippen LogP contribution >= 0.6 is 0 Å². The molecule has 1 aliphatic carbocycles. The van der Waals surface area contributed by atoms with Crippen molar-refractivity contribution >= 4 is 64.4 Å². The first-order valence-electron chi connectivity index (χ1n) is 26.3. The normalized spacial score (nSPS) is 16.7. The van der Waals surface area contributed by atoms with Crippen molar-refractivity contribution in [3.05, 3.63) is 120 Å². The Balaban J connectivity index is 0.000000235. The van der Waals surface area contributed by atoms with E-state index in [4.69, 9.17) is 11.1 Å². The van der Waals surface area contributed by atoms with Crippen molar-refractivity contribution in [2.24, 2.45) is 11.7 Å². The molecule has 4 heterocycles. The molecular weight excluding hydrogens is 965 g/mol. The van der Waals surface area contributed by atoms with Gasteiger partial charge in [-0.25, -0.2) is 9.59 Å². The molecule has 3 aliphatic rings. The number of carbonyl (C=O) groups excluding carboxylic acids is 6. The van der Waals surface area contributed by atoms with Crippen molar-refractivity contribution < 1.29 is 38.2 Å². The molecule has 402 valence electrons. The molecule has 9 N–H and O–H groups in total. The smallest absolute Gasteiger partial charge is 0.411 e. The molecule has 18 heteroatoms. The van der Waals surface area contributed by atoms with Crippen molar-refractivity contribution in [3.63, 3.8) is 0 Å². The first-order chi connectivity index (χ1) is 36.8. The quantitative estimate of drug-likeness (QED) is 0.0561. The highest BCUT2D eigenvalue weighted by Gasteiger charge is 2.26. The Morgan fingerprint density at radius 3 is 1.49 bits per heavy atom. The summed E-state index contributed by atoms with van der Waals surface area (Å²) in [5, 5.41) is 25.2. The maximum Gasteiger partial charge on any atom is 0.411 e. The van der Waals surface area contributed by atoms with Gasteiger partial charge >= 0.3 is 12.2 Å². The molecule has 76 heavy (non-hydrogen) atoms. The summed E-state index contributed by atoms with van der Waals surface area (Å²) in [7, 11) is 2.58. The molecular formula is C58H72N10O8. The zero-order valence-corrected chi connectivity index (χ0v) is 44.0. The summed E-state index contributed by atoms with van der Waals surface area (Å²) in [4.78, 5) is 84.0. The van der Waals surface area contributed by atoms with Gasteiger partial charge in [-0.05, 0) is 110 Å². The van der Waals surface area contributed by atoms with Crippen LogP contribution in [0, 0.1) is 11.3 Å². The topological polar surface area (TPSA) is 269 Å². The molecule has 1 saturated carbocycles. The van der Waals surface area contributed by atoms with Crippen molar-refractivity contribution in [3.8, 4) is 22.3 Å². The van der Waals surface area contributed by atoms with Gasteiger partial charge in [0.05, 0.1) is 49.1 Å². The number of hydrogen-bond acceptors (Lipinski definition) is 11. The number of nitrogens with one attached hydrogen (secondary N) is 7. The molecule has 3 aromatic carbocycles. The summed E-state index contributed by atoms with van der Waals surface area (Å²) < 4.78 is 9.36. The van der Waals surface area contributed by atoms with E-state index in [1.807, 2.05) is 36.4 Å². The van der Waals surface area contributed by atoms with Gasteiger partial charge < -0.3 is 36.5 Å². The number of anilines is 4. The number of ether oxygens (including phenoxy) is 2. The second-order valence-corrected chi connectivity index (χ2v) is 19.1. The summed E-state index contributed by atoms with van der Waals surface area (Å²) in [6.45, 7) is 4.25. The van der Waals surface area contributed by atoms with Gasteiger partial charge in [-0.15, -0.1) is 0 Å². The molecule has 1 fully saturated rings. The molecule has 2 aromatic heterocycles. The number of hydrogen-bond donors (Lipinski definition) is 8. The van der Waals surface area contributed by atoms with E-state index in [1.54, 1.807) is 60.9 Å². The lowest BCUT2D eigenvalue weighted by molar-refractivity contribution is -0.126. The van der Waals surface area contributed by atoms with Gasteiger partial charge in [0, 0.05) is 64.8 Å². The minimum Gasteiger partial charge on any atom is -0.453 e. The summed E-state index contributed by atoms with van der Waals surface area (Å²) in [6, 6.07) is 24.2. The number of nitrogens with two attached hydrogens (primary N) is 1. The maximum atomic E-state index is 13.1. The highest BCUT2D eigenvalue weighted by molar-refractivity contribution is 6.00. The van der Waals surface area contributed by atoms with Crippen LogP contribution in [-0.2, 0) is 23.9 Å². The van der Waals surface area contributed by atoms with Crippen molar-refractivity contribution in [2.45, 2.75) is 129 Å². The van der Waals surface area contributed by atoms with E-state index in [1.165, 1.54) is 27.1 Å². The molecule has 4 bridgehead atoms. The number of rotatable bonds is 7. The second-order valence-electron chi connectivity index (χ2n) is 19.1. The molecule has 0 unspecified atom stereocenters. The lowest BCUT2D eigenvalue weighted by Gasteiger charge is -2.25. The van der Waals surface area contributed by atoms with Crippen molar-refractivity contribution in [2.75, 3.05) is 35.5 Å². The number of amidine groups is 1. The number of methoxy groups -OCH3 is 2. The predicted octanol–water partition coefficient (Wildman–Crippen LogP) is 11.6. The summed E-state index contributed by atoms with van der Waals surface area (Å²) in [6.07, 6.45) is 15.9. The summed E-state index contributed by atoms with van der Waals surface area (Å²) in [5.74, 6) is -0.292. The predicted molar refractivity (Wildman–Crippen MR) is 296 cm³/mol. The first kappa shape index (κ1) is 57.1. The van der Waals surface area contributed by atoms with Crippen LogP contribution in [0.5, 0.6) is 0 Å². The van der Waals surface area contributed by atoms with Gasteiger partial charge in [0.25, 0.3) is 5.91 Å². The van der Waals surface area contributed by atoms with Crippen LogP contribution in [0.4, 0.5) is 32.3 Å². The standard InChI is InChI=1S/C28H30N6O4.C27H34N4O4.C3H8/c1-38-28(37)32-20-11-12-21-19-13-14-31-24(15-19)22(5-3-2-4-6-25(35)33-23(21)16-20)34-27(36)18-9-7-17(8-10-18)26(29)30;1-35-27(34)29-20-12-13-21-19-14-15-28-24(16-19)22(31-26(33)18-8-4-2-5-9-18)10-6-3-7-11-25(32)30-23(21)17-20;1-3-2/h7-16,22H,2-6H2,1H3,(H3,29,30)(H,32,37)(H,33,35)(H,34,36);12-18,22H,2-11H2,1H3,(H,29,34)(H,30,32)(H,31,33);3H2,1-2H3/t2*22-;/m00./s1. The van der Waals surface area contributed by atoms with Crippen molar-refractivity contribution in [1.29, 1.82) is 5.41 Å². The average molecular weight is 1040 g/mol. The Kier molecular flexibility index (Phi) is 21.9. The van der Waals surface area contributed by atoms with Gasteiger partial charge in [0.1, 0.15) is 5.84 Å². The highest BCUT2D eigenvalue weighted by Crippen LogP contribution is 2.36. The zero-order chi connectivity index (χ0) is 54.4. The van der Waals surface area contributed by atoms with Crippen LogP contribution in [0.1, 0.15) is 156 Å². The third-order valence-electron chi connectivity index (χ3n) is 13.2. The fourth-order valence-electron chi connectivity index (χ4n) is 9.24. The third-order valence-corrected chi connectivity index (χ3v) is 13.2. The fraction of sp³-hybridized carbons (Fsp3) is 0.397. The number of nitrogens with zero attached hydrogens (tertiary/aromatic N) is 2. The lowest BCUT2D eigenvalue weighted by Crippen LogP contribution is -2.35. The molecule has 2 aliphatic heterocycles. The van der Waals surface area contributed by atoms with Gasteiger partial charge in [0.15, 0.2) is 0 Å². The zero-order valence-electron chi connectivity index (χ0n) is 44.0. The van der Waals surface area contributed by atoms with Crippen LogP contribution in [0.2, 0.25) is 0 Å². The van der Waals surface area contributed by atoms with Gasteiger partial charge in [-0.1, -0.05) is 89.5 Å². The number of aromatic nitrogens is 2. The van der Waals surface area contributed by atoms with Crippen molar-refractivity contribution in [1.82, 2.24) is 20.6 Å². The van der Waals surface area contributed by atoms with E-state index >= 15 is 0 Å². The lowest BCUT2D eigenvalue weighted by atomic mass is 9.88. The summed E-state index contributed by atoms with van der Waals surface area (Å²) >= 11 is 0. The Bertz CT molecular complexity index is 2810. The SMILES string of the molecule is CCC.COC(=O)Nc1ccc2c(c1)NC(=O)CCCCC[C@H](NC(=O)C1CCCCC1)c1cc-2ccn1.COC(=O)Nc1ccc2c(c1)NC(=O)CCCCC[C@H](NC(=O)c1ccc(C(=N)N)cc1)c1cc-2ccn1. The van der Waals surface area contributed by atoms with Crippen LogP contribution in [0.15, 0.2) is 97.3 Å². The Hall–Kier alpha value is -8.15. The number of pyridine rings is 2. The van der Waals surface area contributed by atoms with E-state index in [0.717, 1.165) is 92.2 Å². The first-order valence-corrected chi connectivity index (χ1v) is 26.3. The molecule has 5 aromatic rings. The van der Waals surface area contributed by atoms with Gasteiger partial charge in [-0.3, -0.25) is 45.2 Å². The van der Waals surface area contributed by atoms with E-state index in [9.17, 15) is 28.8 Å². The number of benzene rings is 3. The Morgan fingerprint density at radius 1 is 0.592 bits per heavy atom. The van der Waals surface area contributed by atoms with Crippen LogP contribution < -0.4 is 37.6 Å². The average Bonchev–Trinajstić information content (AvgIpc) is 3.44. The largest absolute Gasteiger partial charge is 0.453 e. The molecule has 8 rings (SSSR count). The number of amides is 6. The van der Waals surface area contributed by atoms with Gasteiger partial charge in [0.2, 0.25) is 17.7 Å². The molecule has 0 spiro atoms. The molecule has 6 amide bonds. The van der Waals surface area contributed by atoms with E-state index < -0.39 is 12.2 Å². The van der Waals surface area contributed by atoms with Crippen LogP contribution in [0.25, 0.3) is 22.3 Å². The fourth-order valence-corrected chi connectivity index (χ4v) is 9.24. The third kappa shape index (κ3) is 16.9. The molecule has 2 atom stereocenters. The monoisotopic (exact) mass is 1040 g/mol. The summed E-state index contributed by atoms with van der Waals surface area (Å²) in [5.41, 5.74) is 13.4. The number of nitrogen functional groups attached to an aromatic ring is 1. The second kappa shape index (κ2) is 29.1. The van der Waals surface area contributed by atoms with E-state index in [2.05, 4.69) is 65.2 Å². The Morgan fingerprint density at radius 2 is 1.03 bits per heavy atom. The van der Waals surface area contributed by atoms with E-state index in [0.29, 0.717) is 65.3 Å².